The van der Waals surface area contributed by atoms with Crippen LogP contribution in [-0.2, 0) is 17.6 Å². The third-order valence-corrected chi connectivity index (χ3v) is 4.97. The number of H-pyrrole nitrogens is 1. The highest BCUT2D eigenvalue weighted by molar-refractivity contribution is 6.30. The third kappa shape index (κ3) is 5.70. The van der Waals surface area contributed by atoms with Crippen molar-refractivity contribution < 1.29 is 9.53 Å². The molecule has 7 heteroatoms. The van der Waals surface area contributed by atoms with E-state index in [0.29, 0.717) is 28.7 Å². The molecule has 0 radical (unpaired) electrons. The van der Waals surface area contributed by atoms with Crippen molar-refractivity contribution in [3.05, 3.63) is 92.1 Å². The van der Waals surface area contributed by atoms with Crippen molar-refractivity contribution in [2.75, 3.05) is 7.11 Å². The zero-order valence-electron chi connectivity index (χ0n) is 17.2. The summed E-state index contributed by atoms with van der Waals surface area (Å²) in [6.07, 6.45) is 0.555. The Morgan fingerprint density at radius 2 is 1.90 bits per heavy atom. The first-order chi connectivity index (χ1) is 14.3. The van der Waals surface area contributed by atoms with E-state index in [1.54, 1.807) is 26.2 Å². The first kappa shape index (κ1) is 21.6. The van der Waals surface area contributed by atoms with Gasteiger partial charge in [0, 0.05) is 23.1 Å². The molecule has 0 saturated heterocycles. The van der Waals surface area contributed by atoms with Crippen LogP contribution in [0, 0.1) is 13.8 Å². The van der Waals surface area contributed by atoms with Crippen LogP contribution in [0.2, 0.25) is 5.02 Å². The minimum atomic E-state index is -0.362. The summed E-state index contributed by atoms with van der Waals surface area (Å²) in [6, 6.07) is 14.1. The highest BCUT2D eigenvalue weighted by Crippen LogP contribution is 2.23. The molecule has 0 aliphatic heterocycles. The quantitative estimate of drug-likeness (QED) is 0.604. The maximum atomic E-state index is 12.9. The lowest BCUT2D eigenvalue weighted by Gasteiger charge is -2.20. The second kappa shape index (κ2) is 9.59. The monoisotopic (exact) mass is 425 g/mol. The van der Waals surface area contributed by atoms with Crippen molar-refractivity contribution in [3.63, 3.8) is 0 Å². The number of rotatable bonds is 7. The molecule has 6 nitrogen and oxygen atoms in total. The number of carbonyl (C=O) groups is 1. The number of aromatic nitrogens is 2. The number of nitrogens with one attached hydrogen (secondary N) is 2. The smallest absolute Gasteiger partial charge is 0.251 e. The SMILES string of the molecule is COc1ccc(C)cc1CC(=O)N[C@H](Cc1cc(=O)[nH]c(C)n1)c1ccc(Cl)cc1. The minimum absolute atomic E-state index is 0.152. The lowest BCUT2D eigenvalue weighted by Crippen LogP contribution is -2.32. The normalized spacial score (nSPS) is 11.7. The van der Waals surface area contributed by atoms with Crippen LogP contribution in [0.25, 0.3) is 0 Å². The van der Waals surface area contributed by atoms with Crippen LogP contribution in [0.3, 0.4) is 0 Å². The van der Waals surface area contributed by atoms with E-state index >= 15 is 0 Å². The number of amides is 1. The van der Waals surface area contributed by atoms with Gasteiger partial charge in [0.1, 0.15) is 11.6 Å². The molecule has 1 heterocycles. The number of benzene rings is 2. The number of nitrogens with zero attached hydrogens (tertiary/aromatic N) is 1. The van der Waals surface area contributed by atoms with Gasteiger partial charge in [-0.15, -0.1) is 0 Å². The van der Waals surface area contributed by atoms with Crippen LogP contribution in [0.5, 0.6) is 5.75 Å². The summed E-state index contributed by atoms with van der Waals surface area (Å²) in [7, 11) is 1.59. The van der Waals surface area contributed by atoms with Crippen molar-refractivity contribution >= 4 is 17.5 Å². The molecule has 0 fully saturated rings. The molecule has 3 aromatic rings. The van der Waals surface area contributed by atoms with E-state index in [2.05, 4.69) is 15.3 Å². The zero-order valence-corrected chi connectivity index (χ0v) is 17.9. The summed E-state index contributed by atoms with van der Waals surface area (Å²) >= 11 is 6.02. The van der Waals surface area contributed by atoms with Gasteiger partial charge in [0.25, 0.3) is 5.56 Å². The first-order valence-corrected chi connectivity index (χ1v) is 9.97. The summed E-state index contributed by atoms with van der Waals surface area (Å²) in [5.74, 6) is 1.05. The number of halogens is 1. The fraction of sp³-hybridized carbons (Fsp3) is 0.261. The van der Waals surface area contributed by atoms with E-state index < -0.39 is 0 Å². The molecule has 30 heavy (non-hydrogen) atoms. The van der Waals surface area contributed by atoms with Crippen LogP contribution in [0.15, 0.2) is 53.3 Å². The molecule has 0 aliphatic rings. The Morgan fingerprint density at radius 1 is 1.17 bits per heavy atom. The van der Waals surface area contributed by atoms with E-state index in [0.717, 1.165) is 16.7 Å². The molecule has 2 N–H and O–H groups in total. The number of hydrogen-bond acceptors (Lipinski definition) is 4. The Kier molecular flexibility index (Phi) is 6.90. The topological polar surface area (TPSA) is 84.1 Å². The van der Waals surface area contributed by atoms with Crippen molar-refractivity contribution in [2.45, 2.75) is 32.7 Å². The van der Waals surface area contributed by atoms with E-state index in [-0.39, 0.29) is 23.9 Å². The fourth-order valence-corrected chi connectivity index (χ4v) is 3.49. The summed E-state index contributed by atoms with van der Waals surface area (Å²) < 4.78 is 5.38. The second-order valence-corrected chi connectivity index (χ2v) is 7.63. The molecule has 156 valence electrons. The molecule has 0 aliphatic carbocycles. The number of ether oxygens (including phenoxy) is 1. The molecule has 0 unspecified atom stereocenters. The molecule has 0 bridgehead atoms. The van der Waals surface area contributed by atoms with Gasteiger partial charge in [-0.05, 0) is 37.6 Å². The van der Waals surface area contributed by atoms with Gasteiger partial charge in [-0.25, -0.2) is 4.98 Å². The molecule has 0 saturated carbocycles. The largest absolute Gasteiger partial charge is 0.496 e. The molecule has 0 spiro atoms. The van der Waals surface area contributed by atoms with Crippen LogP contribution < -0.4 is 15.6 Å². The highest BCUT2D eigenvalue weighted by Gasteiger charge is 2.18. The summed E-state index contributed by atoms with van der Waals surface area (Å²) in [6.45, 7) is 3.70. The van der Waals surface area contributed by atoms with Crippen molar-refractivity contribution in [2.24, 2.45) is 0 Å². The van der Waals surface area contributed by atoms with Gasteiger partial charge >= 0.3 is 0 Å². The summed E-state index contributed by atoms with van der Waals surface area (Å²) in [5.41, 5.74) is 3.13. The van der Waals surface area contributed by atoms with Gasteiger partial charge in [-0.1, -0.05) is 41.4 Å². The van der Waals surface area contributed by atoms with Crippen molar-refractivity contribution in [1.29, 1.82) is 0 Å². The number of hydrogen-bond donors (Lipinski definition) is 2. The Labute approximate surface area is 180 Å². The lowest BCUT2D eigenvalue weighted by molar-refractivity contribution is -0.121. The van der Waals surface area contributed by atoms with Crippen LogP contribution in [-0.4, -0.2) is 23.0 Å². The van der Waals surface area contributed by atoms with Crippen LogP contribution in [0.4, 0.5) is 0 Å². The predicted molar refractivity (Wildman–Crippen MR) is 117 cm³/mol. The molecule has 1 atom stereocenters. The summed E-state index contributed by atoms with van der Waals surface area (Å²) in [4.78, 5) is 31.7. The number of aromatic amines is 1. The minimum Gasteiger partial charge on any atom is -0.496 e. The Balaban J connectivity index is 1.85. The van der Waals surface area contributed by atoms with E-state index in [1.165, 1.54) is 6.07 Å². The average Bonchev–Trinajstić information content (AvgIpc) is 2.67. The first-order valence-electron chi connectivity index (χ1n) is 9.59. The zero-order chi connectivity index (χ0) is 21.7. The van der Waals surface area contributed by atoms with Gasteiger partial charge in [0.15, 0.2) is 0 Å². The average molecular weight is 426 g/mol. The predicted octanol–water partition coefficient (Wildman–Crippen LogP) is 3.69. The Morgan fingerprint density at radius 3 is 2.57 bits per heavy atom. The Bertz CT molecular complexity index is 1090. The van der Waals surface area contributed by atoms with Gasteiger partial charge in [0.05, 0.1) is 25.3 Å². The molecule has 1 amide bonds. The lowest BCUT2D eigenvalue weighted by atomic mass is 10.0. The molecular formula is C23H24ClN3O3. The van der Waals surface area contributed by atoms with Crippen molar-refractivity contribution in [3.8, 4) is 5.75 Å². The van der Waals surface area contributed by atoms with Gasteiger partial charge in [0.2, 0.25) is 5.91 Å². The fourth-order valence-electron chi connectivity index (χ4n) is 3.37. The molecule has 2 aromatic carbocycles. The third-order valence-electron chi connectivity index (χ3n) is 4.72. The molecule has 1 aromatic heterocycles. The van der Waals surface area contributed by atoms with Crippen LogP contribution in [0.1, 0.15) is 34.3 Å². The molecule has 3 rings (SSSR count). The number of methoxy groups -OCH3 is 1. The van der Waals surface area contributed by atoms with Gasteiger partial charge in [-0.3, -0.25) is 9.59 Å². The summed E-state index contributed by atoms with van der Waals surface area (Å²) in [5, 5.41) is 3.68. The molecular weight excluding hydrogens is 402 g/mol. The van der Waals surface area contributed by atoms with Gasteiger partial charge < -0.3 is 15.0 Å². The maximum absolute atomic E-state index is 12.9. The Hall–Kier alpha value is -3.12. The van der Waals surface area contributed by atoms with E-state index in [1.807, 2.05) is 37.3 Å². The van der Waals surface area contributed by atoms with E-state index in [4.69, 9.17) is 16.3 Å². The van der Waals surface area contributed by atoms with Crippen LogP contribution >= 0.6 is 11.6 Å². The maximum Gasteiger partial charge on any atom is 0.251 e. The highest BCUT2D eigenvalue weighted by atomic mass is 35.5. The number of carbonyl (C=O) groups excluding carboxylic acids is 1. The number of aryl methyl sites for hydroxylation is 2. The van der Waals surface area contributed by atoms with Crippen molar-refractivity contribution in [1.82, 2.24) is 15.3 Å². The second-order valence-electron chi connectivity index (χ2n) is 7.19. The standard InChI is InChI=1S/C23H24ClN3O3/c1-14-4-9-21(30-3)17(10-14)11-22(28)27-20(16-5-7-18(24)8-6-16)12-19-13-23(29)26-15(2)25-19/h4-10,13,20H,11-12H2,1-3H3,(H,27,28)(H,25,26,29)/t20-/m1/s1. The van der Waals surface area contributed by atoms with E-state index in [9.17, 15) is 9.59 Å². The van der Waals surface area contributed by atoms with Gasteiger partial charge in [-0.2, -0.15) is 0 Å².